The van der Waals surface area contributed by atoms with Crippen molar-refractivity contribution < 1.29 is 4.48 Å². The van der Waals surface area contributed by atoms with Gasteiger partial charge >= 0.3 is 0 Å². The van der Waals surface area contributed by atoms with Gasteiger partial charge in [-0.15, -0.1) is 4.48 Å². The van der Waals surface area contributed by atoms with Crippen molar-refractivity contribution in [3.63, 3.8) is 0 Å². The highest BCUT2D eigenvalue weighted by Crippen LogP contribution is 2.19. The molecule has 1 aromatic carbocycles. The zero-order chi connectivity index (χ0) is 8.27. The van der Waals surface area contributed by atoms with Gasteiger partial charge in [0.1, 0.15) is 0 Å². The van der Waals surface area contributed by atoms with Crippen LogP contribution in [-0.2, 0) is 6.42 Å². The van der Waals surface area contributed by atoms with Crippen LogP contribution in [0.5, 0.6) is 0 Å². The maximum Gasteiger partial charge on any atom is 0.0716 e. The molecule has 0 heterocycles. The summed E-state index contributed by atoms with van der Waals surface area (Å²) in [6.07, 6.45) is 0.866. The predicted molar refractivity (Wildman–Crippen MR) is 45.3 cm³/mol. The second kappa shape index (κ2) is 3.37. The largest absolute Gasteiger partial charge is 0.215 e. The molecule has 0 aliphatic rings. The third-order valence-electron chi connectivity index (χ3n) is 1.70. The van der Waals surface area contributed by atoms with Crippen LogP contribution in [0.1, 0.15) is 12.5 Å². The molecular formula is C9H12FN. The van der Waals surface area contributed by atoms with E-state index < -0.39 is 0 Å². The van der Waals surface area contributed by atoms with Crippen molar-refractivity contribution in [3.8, 4) is 0 Å². The molecule has 0 saturated heterocycles. The van der Waals surface area contributed by atoms with Crippen LogP contribution in [0, 0.1) is 0 Å². The number of nitrogens with zero attached hydrogens (tertiary/aromatic N) is 1. The topological polar surface area (TPSA) is 3.24 Å². The average molecular weight is 153 g/mol. The molecule has 0 atom stereocenters. The van der Waals surface area contributed by atoms with Crippen molar-refractivity contribution in [1.82, 2.24) is 0 Å². The van der Waals surface area contributed by atoms with Crippen LogP contribution < -0.4 is 5.12 Å². The van der Waals surface area contributed by atoms with Crippen molar-refractivity contribution >= 4 is 5.69 Å². The van der Waals surface area contributed by atoms with E-state index in [9.17, 15) is 4.48 Å². The lowest BCUT2D eigenvalue weighted by Gasteiger charge is -2.10. The molecule has 0 saturated carbocycles. The molecule has 0 spiro atoms. The number of para-hydroxylation sites is 1. The Morgan fingerprint density at radius 1 is 1.36 bits per heavy atom. The minimum atomic E-state index is 0.652. The van der Waals surface area contributed by atoms with Crippen LogP contribution >= 0.6 is 0 Å². The van der Waals surface area contributed by atoms with Gasteiger partial charge in [0, 0.05) is 7.05 Å². The average Bonchev–Trinajstić information content (AvgIpc) is 2.04. The molecule has 0 aromatic heterocycles. The quantitative estimate of drug-likeness (QED) is 0.590. The Bertz CT molecular complexity index is 233. The number of aryl methyl sites for hydroxylation is 1. The molecule has 0 bridgehead atoms. The van der Waals surface area contributed by atoms with E-state index in [2.05, 4.69) is 0 Å². The van der Waals surface area contributed by atoms with E-state index in [0.29, 0.717) is 10.8 Å². The molecule has 11 heavy (non-hydrogen) atoms. The van der Waals surface area contributed by atoms with Crippen LogP contribution in [0.3, 0.4) is 0 Å². The standard InChI is InChI=1S/C9H12FN/c1-3-8-6-4-5-7-9(8)11(2)10/h4-7H,3H2,1-2H3. The van der Waals surface area contributed by atoms with Crippen molar-refractivity contribution in [1.29, 1.82) is 0 Å². The summed E-state index contributed by atoms with van der Waals surface area (Å²) < 4.78 is 12.7. The van der Waals surface area contributed by atoms with E-state index in [-0.39, 0.29) is 0 Å². The number of halogens is 1. The van der Waals surface area contributed by atoms with E-state index >= 15 is 0 Å². The molecule has 0 amide bonds. The normalized spacial score (nSPS) is 9.73. The number of anilines is 1. The molecule has 0 N–H and O–H groups in total. The second-order valence-corrected chi connectivity index (χ2v) is 2.46. The first-order valence-corrected chi connectivity index (χ1v) is 3.73. The van der Waals surface area contributed by atoms with Crippen LogP contribution in [0.25, 0.3) is 0 Å². The summed E-state index contributed by atoms with van der Waals surface area (Å²) >= 11 is 0. The van der Waals surface area contributed by atoms with Crippen molar-refractivity contribution in [2.24, 2.45) is 0 Å². The minimum Gasteiger partial charge on any atom is -0.215 e. The maximum atomic E-state index is 12.7. The number of rotatable bonds is 2. The number of benzene rings is 1. The Morgan fingerprint density at radius 3 is 2.45 bits per heavy atom. The van der Waals surface area contributed by atoms with Gasteiger partial charge in [-0.1, -0.05) is 25.1 Å². The van der Waals surface area contributed by atoms with Crippen LogP contribution in [0.15, 0.2) is 24.3 Å². The molecule has 0 fully saturated rings. The van der Waals surface area contributed by atoms with Crippen molar-refractivity contribution in [2.45, 2.75) is 13.3 Å². The zero-order valence-corrected chi connectivity index (χ0v) is 6.84. The third-order valence-corrected chi connectivity index (χ3v) is 1.70. The van der Waals surface area contributed by atoms with Gasteiger partial charge in [-0.25, -0.2) is 5.12 Å². The van der Waals surface area contributed by atoms with E-state index in [1.54, 1.807) is 6.07 Å². The fourth-order valence-electron chi connectivity index (χ4n) is 1.11. The van der Waals surface area contributed by atoms with Gasteiger partial charge in [-0.2, -0.15) is 0 Å². The first kappa shape index (κ1) is 8.05. The van der Waals surface area contributed by atoms with Gasteiger partial charge in [0.25, 0.3) is 0 Å². The SMILES string of the molecule is CCc1ccccc1N(C)F. The summed E-state index contributed by atoms with van der Waals surface area (Å²) in [4.78, 5) is 0. The fraction of sp³-hybridized carbons (Fsp3) is 0.333. The lowest BCUT2D eigenvalue weighted by molar-refractivity contribution is 0.474. The van der Waals surface area contributed by atoms with E-state index in [1.807, 2.05) is 25.1 Å². The van der Waals surface area contributed by atoms with Gasteiger partial charge in [0.2, 0.25) is 0 Å². The van der Waals surface area contributed by atoms with E-state index in [1.165, 1.54) is 7.05 Å². The monoisotopic (exact) mass is 153 g/mol. The highest BCUT2D eigenvalue weighted by Gasteiger charge is 2.02. The summed E-state index contributed by atoms with van der Waals surface area (Å²) in [5.74, 6) is 0. The number of hydrogen-bond acceptors (Lipinski definition) is 1. The lowest BCUT2D eigenvalue weighted by Crippen LogP contribution is -2.04. The lowest BCUT2D eigenvalue weighted by atomic mass is 10.1. The Hall–Kier alpha value is -1.05. The fourth-order valence-corrected chi connectivity index (χ4v) is 1.11. The van der Waals surface area contributed by atoms with E-state index in [4.69, 9.17) is 0 Å². The summed E-state index contributed by atoms with van der Waals surface area (Å²) in [5.41, 5.74) is 1.70. The molecule has 0 aliphatic carbocycles. The maximum absolute atomic E-state index is 12.7. The van der Waals surface area contributed by atoms with Gasteiger partial charge in [0.15, 0.2) is 0 Å². The molecule has 60 valence electrons. The van der Waals surface area contributed by atoms with Crippen molar-refractivity contribution in [3.05, 3.63) is 29.8 Å². The molecule has 2 heteroatoms. The van der Waals surface area contributed by atoms with Gasteiger partial charge < -0.3 is 0 Å². The van der Waals surface area contributed by atoms with Crippen LogP contribution in [-0.4, -0.2) is 7.05 Å². The van der Waals surface area contributed by atoms with Gasteiger partial charge in [-0.3, -0.25) is 0 Å². The van der Waals surface area contributed by atoms with Crippen LogP contribution in [0.2, 0.25) is 0 Å². The minimum absolute atomic E-state index is 0.652. The molecule has 1 nitrogen and oxygen atoms in total. The Kier molecular flexibility index (Phi) is 2.47. The molecule has 0 unspecified atom stereocenters. The Morgan fingerprint density at radius 2 is 2.00 bits per heavy atom. The van der Waals surface area contributed by atoms with E-state index in [0.717, 1.165) is 12.0 Å². The molecule has 0 aliphatic heterocycles. The summed E-state index contributed by atoms with van der Waals surface area (Å²) in [5, 5.41) is 0.652. The molecule has 1 aromatic rings. The highest BCUT2D eigenvalue weighted by atomic mass is 19.2. The van der Waals surface area contributed by atoms with Gasteiger partial charge in [-0.05, 0) is 18.1 Å². The van der Waals surface area contributed by atoms with Crippen molar-refractivity contribution in [2.75, 3.05) is 12.2 Å². The highest BCUT2D eigenvalue weighted by molar-refractivity contribution is 5.50. The zero-order valence-electron chi connectivity index (χ0n) is 6.84. The summed E-state index contributed by atoms with van der Waals surface area (Å²) in [7, 11) is 1.41. The first-order chi connectivity index (χ1) is 5.25. The Labute approximate surface area is 66.4 Å². The van der Waals surface area contributed by atoms with Crippen LogP contribution in [0.4, 0.5) is 10.2 Å². The molecular weight excluding hydrogens is 141 g/mol. The number of hydrogen-bond donors (Lipinski definition) is 0. The first-order valence-electron chi connectivity index (χ1n) is 3.73. The summed E-state index contributed by atoms with van der Waals surface area (Å²) in [6.45, 7) is 2.02. The second-order valence-electron chi connectivity index (χ2n) is 2.46. The predicted octanol–water partition coefficient (Wildman–Crippen LogP) is 2.57. The Balaban J connectivity index is 3.02. The molecule has 0 radical (unpaired) electrons. The third kappa shape index (κ3) is 1.70. The molecule has 1 rings (SSSR count). The smallest absolute Gasteiger partial charge is 0.0716 e. The summed E-state index contributed by atoms with van der Waals surface area (Å²) in [6, 6.07) is 7.47. The van der Waals surface area contributed by atoms with Gasteiger partial charge in [0.05, 0.1) is 5.69 Å².